The van der Waals surface area contributed by atoms with Gasteiger partial charge in [-0.15, -0.1) is 0 Å². The zero-order chi connectivity index (χ0) is 21.7. The van der Waals surface area contributed by atoms with Crippen molar-refractivity contribution in [2.45, 2.75) is 44.3 Å². The maximum absolute atomic E-state index is 15.6. The number of nitrogens with one attached hydrogen (secondary N) is 1. The molecule has 2 aromatic rings. The quantitative estimate of drug-likeness (QED) is 0.672. The number of aromatic carboxylic acids is 1. The summed E-state index contributed by atoms with van der Waals surface area (Å²) in [6.07, 6.45) is 3.07. The number of carboxylic acid groups (broad SMARTS) is 1. The topological polar surface area (TPSA) is 118 Å². The molecule has 0 spiro atoms. The highest BCUT2D eigenvalue weighted by Crippen LogP contribution is 2.40. The highest BCUT2D eigenvalue weighted by atomic mass is 19.1. The number of halogens is 2. The third kappa shape index (κ3) is 3.41. The average Bonchev–Trinajstić information content (AvgIpc) is 3.42. The highest BCUT2D eigenvalue weighted by molar-refractivity contribution is 5.94. The van der Waals surface area contributed by atoms with Crippen molar-refractivity contribution in [2.75, 3.05) is 18.0 Å². The summed E-state index contributed by atoms with van der Waals surface area (Å²) in [7, 11) is 0. The Morgan fingerprint density at radius 1 is 1.30 bits per heavy atom. The molecule has 160 valence electrons. The van der Waals surface area contributed by atoms with Gasteiger partial charge in [-0.05, 0) is 32.3 Å². The van der Waals surface area contributed by atoms with Crippen LogP contribution in [0.15, 0.2) is 17.1 Å². The van der Waals surface area contributed by atoms with Crippen molar-refractivity contribution >= 4 is 28.5 Å². The molecular formula is C20H22F2N4O4. The predicted molar refractivity (Wildman–Crippen MR) is 106 cm³/mol. The van der Waals surface area contributed by atoms with Gasteiger partial charge in [-0.3, -0.25) is 9.59 Å². The molecule has 2 fully saturated rings. The summed E-state index contributed by atoms with van der Waals surface area (Å²) in [5.74, 6) is -3.62. The lowest BCUT2D eigenvalue weighted by Gasteiger charge is -2.23. The molecule has 4 N–H and O–H groups in total. The standard InChI is InChI=1S/C20H22F2N4O4/c1-9(23)19(28)24-10-4-5-25(7-10)17-14(21)6-12-16(15(17)22)26(11-2-3-11)8-13(18(12)27)20(29)30/h6,8-11H,2-5,7,23H2,1H3,(H,24,28)(H,29,30)/t9-,10-/m0/s1. The van der Waals surface area contributed by atoms with Crippen LogP contribution in [-0.2, 0) is 4.79 Å². The Labute approximate surface area is 170 Å². The Kier molecular flexibility index (Phi) is 4.97. The molecule has 4 rings (SSSR count). The molecule has 0 radical (unpaired) electrons. The zero-order valence-electron chi connectivity index (χ0n) is 16.3. The molecule has 1 aromatic carbocycles. The summed E-state index contributed by atoms with van der Waals surface area (Å²) in [6, 6.07) is -0.215. The normalized spacial score (nSPS) is 19.9. The Balaban J connectivity index is 1.78. The van der Waals surface area contributed by atoms with Gasteiger partial charge >= 0.3 is 5.97 Å². The first-order valence-electron chi connectivity index (χ1n) is 9.80. The van der Waals surface area contributed by atoms with Crippen molar-refractivity contribution in [3.8, 4) is 0 Å². The molecular weight excluding hydrogens is 398 g/mol. The van der Waals surface area contributed by atoms with Crippen LogP contribution in [0.2, 0.25) is 0 Å². The zero-order valence-corrected chi connectivity index (χ0v) is 16.3. The number of hydrogen-bond donors (Lipinski definition) is 3. The van der Waals surface area contributed by atoms with E-state index in [0.29, 0.717) is 13.0 Å². The number of nitrogens with two attached hydrogens (primary N) is 1. The van der Waals surface area contributed by atoms with E-state index in [2.05, 4.69) is 5.32 Å². The van der Waals surface area contributed by atoms with Gasteiger partial charge in [0.15, 0.2) is 5.82 Å². The van der Waals surface area contributed by atoms with E-state index in [-0.39, 0.29) is 41.1 Å². The van der Waals surface area contributed by atoms with E-state index in [1.165, 1.54) is 9.47 Å². The first-order chi connectivity index (χ1) is 14.2. The summed E-state index contributed by atoms with van der Waals surface area (Å²) >= 11 is 0. The van der Waals surface area contributed by atoms with Crippen LogP contribution >= 0.6 is 0 Å². The minimum atomic E-state index is -1.44. The number of pyridine rings is 1. The van der Waals surface area contributed by atoms with Crippen molar-refractivity contribution in [3.05, 3.63) is 39.7 Å². The summed E-state index contributed by atoms with van der Waals surface area (Å²) in [6.45, 7) is 2.05. The van der Waals surface area contributed by atoms with Crippen molar-refractivity contribution < 1.29 is 23.5 Å². The van der Waals surface area contributed by atoms with Crippen molar-refractivity contribution in [1.82, 2.24) is 9.88 Å². The SMILES string of the molecule is C[C@H](N)C(=O)N[C@H]1CCN(c2c(F)cc3c(=O)c(C(=O)O)cn(C4CC4)c3c2F)C1. The van der Waals surface area contributed by atoms with Crippen molar-refractivity contribution in [2.24, 2.45) is 5.73 Å². The summed E-state index contributed by atoms with van der Waals surface area (Å²) in [4.78, 5) is 37.3. The highest BCUT2D eigenvalue weighted by Gasteiger charge is 2.33. The van der Waals surface area contributed by atoms with Gasteiger partial charge in [0.25, 0.3) is 0 Å². The van der Waals surface area contributed by atoms with Gasteiger partial charge in [-0.25, -0.2) is 13.6 Å². The molecule has 0 bridgehead atoms. The van der Waals surface area contributed by atoms with E-state index >= 15 is 4.39 Å². The molecule has 2 aliphatic rings. The lowest BCUT2D eigenvalue weighted by atomic mass is 10.1. The number of aromatic nitrogens is 1. The molecule has 30 heavy (non-hydrogen) atoms. The van der Waals surface area contributed by atoms with Crippen LogP contribution in [0.4, 0.5) is 14.5 Å². The monoisotopic (exact) mass is 420 g/mol. The molecule has 2 heterocycles. The molecule has 8 nitrogen and oxygen atoms in total. The molecule has 1 saturated heterocycles. The molecule has 10 heteroatoms. The largest absolute Gasteiger partial charge is 0.477 e. The summed E-state index contributed by atoms with van der Waals surface area (Å²) in [5, 5.41) is 11.8. The fourth-order valence-electron chi connectivity index (χ4n) is 3.93. The molecule has 0 unspecified atom stereocenters. The van der Waals surface area contributed by atoms with Gasteiger partial charge in [0.1, 0.15) is 17.1 Å². The van der Waals surface area contributed by atoms with Crippen LogP contribution < -0.4 is 21.4 Å². The number of fused-ring (bicyclic) bond motifs is 1. The minimum Gasteiger partial charge on any atom is -0.477 e. The Hall–Kier alpha value is -3.01. The van der Waals surface area contributed by atoms with E-state index in [9.17, 15) is 23.9 Å². The molecule has 1 aliphatic heterocycles. The van der Waals surface area contributed by atoms with Gasteiger partial charge in [-0.1, -0.05) is 0 Å². The van der Waals surface area contributed by atoms with Crippen LogP contribution in [0.1, 0.15) is 42.6 Å². The number of nitrogens with zero attached hydrogens (tertiary/aromatic N) is 2. The second kappa shape index (κ2) is 7.35. The van der Waals surface area contributed by atoms with E-state index in [1.807, 2.05) is 0 Å². The lowest BCUT2D eigenvalue weighted by Crippen LogP contribution is -2.45. The summed E-state index contributed by atoms with van der Waals surface area (Å²) in [5.41, 5.74) is 3.75. The Bertz CT molecular complexity index is 1110. The molecule has 1 saturated carbocycles. The van der Waals surface area contributed by atoms with E-state index in [1.54, 1.807) is 6.92 Å². The lowest BCUT2D eigenvalue weighted by molar-refractivity contribution is -0.122. The van der Waals surface area contributed by atoms with Crippen LogP contribution in [0.5, 0.6) is 0 Å². The molecule has 1 aromatic heterocycles. The molecule has 2 atom stereocenters. The minimum absolute atomic E-state index is 0.0908. The number of carboxylic acids is 1. The van der Waals surface area contributed by atoms with Gasteiger partial charge in [-0.2, -0.15) is 0 Å². The van der Waals surface area contributed by atoms with Gasteiger partial charge < -0.3 is 25.6 Å². The third-order valence-electron chi connectivity index (χ3n) is 5.62. The van der Waals surface area contributed by atoms with Gasteiger partial charge in [0.05, 0.1) is 16.9 Å². The first kappa shape index (κ1) is 20.3. The van der Waals surface area contributed by atoms with Crippen LogP contribution in [0, 0.1) is 11.6 Å². The van der Waals surface area contributed by atoms with Crippen molar-refractivity contribution in [3.63, 3.8) is 0 Å². The second-order valence-electron chi connectivity index (χ2n) is 7.96. The maximum Gasteiger partial charge on any atom is 0.341 e. The smallest absolute Gasteiger partial charge is 0.341 e. The Morgan fingerprint density at radius 2 is 2.00 bits per heavy atom. The average molecular weight is 420 g/mol. The first-order valence-corrected chi connectivity index (χ1v) is 9.80. The number of carbonyl (C=O) groups is 2. The Morgan fingerprint density at radius 3 is 2.60 bits per heavy atom. The van der Waals surface area contributed by atoms with Crippen molar-refractivity contribution in [1.29, 1.82) is 0 Å². The molecule has 1 aliphatic carbocycles. The van der Waals surface area contributed by atoms with E-state index in [4.69, 9.17) is 5.73 Å². The van der Waals surface area contributed by atoms with E-state index in [0.717, 1.165) is 25.1 Å². The third-order valence-corrected chi connectivity index (χ3v) is 5.62. The van der Waals surface area contributed by atoms with Crippen LogP contribution in [0.25, 0.3) is 10.9 Å². The van der Waals surface area contributed by atoms with Crippen LogP contribution in [0.3, 0.4) is 0 Å². The fraction of sp³-hybridized carbons (Fsp3) is 0.450. The number of amides is 1. The number of rotatable bonds is 5. The fourth-order valence-corrected chi connectivity index (χ4v) is 3.93. The van der Waals surface area contributed by atoms with Crippen LogP contribution in [-0.4, -0.2) is 46.7 Å². The number of carbonyl (C=O) groups excluding carboxylic acids is 1. The van der Waals surface area contributed by atoms with E-state index < -0.39 is 34.6 Å². The summed E-state index contributed by atoms with van der Waals surface area (Å²) < 4.78 is 31.9. The number of benzene rings is 1. The molecule has 1 amide bonds. The number of hydrogen-bond acceptors (Lipinski definition) is 5. The van der Waals surface area contributed by atoms with Gasteiger partial charge in [0, 0.05) is 31.4 Å². The van der Waals surface area contributed by atoms with Gasteiger partial charge in [0.2, 0.25) is 11.3 Å². The second-order valence-corrected chi connectivity index (χ2v) is 7.96. The maximum atomic E-state index is 15.6. The number of anilines is 1. The predicted octanol–water partition coefficient (Wildman–Crippen LogP) is 1.35.